The summed E-state index contributed by atoms with van der Waals surface area (Å²) in [7, 11) is 0. The molecule has 0 radical (unpaired) electrons. The number of hydrogen-bond donors (Lipinski definition) is 2. The van der Waals surface area contributed by atoms with Crippen LogP contribution in [0.15, 0.2) is 59.4 Å². The third-order valence-corrected chi connectivity index (χ3v) is 5.37. The van der Waals surface area contributed by atoms with Crippen LogP contribution in [0.3, 0.4) is 0 Å². The predicted octanol–water partition coefficient (Wildman–Crippen LogP) is 4.09. The van der Waals surface area contributed by atoms with Crippen molar-refractivity contribution in [2.24, 2.45) is 0 Å². The zero-order valence-electron chi connectivity index (χ0n) is 15.9. The van der Waals surface area contributed by atoms with Gasteiger partial charge in [0.05, 0.1) is 17.2 Å². The molecule has 0 unspecified atom stereocenters. The van der Waals surface area contributed by atoms with E-state index < -0.39 is 5.82 Å². The van der Waals surface area contributed by atoms with E-state index in [2.05, 4.69) is 25.6 Å². The van der Waals surface area contributed by atoms with Gasteiger partial charge < -0.3 is 15.1 Å². The van der Waals surface area contributed by atoms with Gasteiger partial charge in [0.25, 0.3) is 0 Å². The van der Waals surface area contributed by atoms with E-state index in [-0.39, 0.29) is 5.82 Å². The number of nitrogens with zero attached hydrogens (tertiary/aromatic N) is 4. The van der Waals surface area contributed by atoms with E-state index in [0.717, 1.165) is 59.2 Å². The van der Waals surface area contributed by atoms with Gasteiger partial charge in [0, 0.05) is 42.2 Å². The first-order valence-corrected chi connectivity index (χ1v) is 9.73. The number of benzene rings is 2. The van der Waals surface area contributed by atoms with Crippen LogP contribution in [0.5, 0.6) is 0 Å². The van der Waals surface area contributed by atoms with Crippen LogP contribution >= 0.6 is 0 Å². The van der Waals surface area contributed by atoms with Crippen LogP contribution in [-0.4, -0.2) is 26.1 Å². The van der Waals surface area contributed by atoms with Gasteiger partial charge in [-0.25, -0.2) is 14.4 Å². The fraction of sp³-hybridized carbons (Fsp3) is 0.136. The summed E-state index contributed by atoms with van der Waals surface area (Å²) in [5.41, 5.74) is 4.35. The Bertz CT molecular complexity index is 1410. The van der Waals surface area contributed by atoms with Crippen molar-refractivity contribution in [3.05, 3.63) is 72.1 Å². The van der Waals surface area contributed by atoms with Crippen molar-refractivity contribution in [1.29, 1.82) is 0 Å². The van der Waals surface area contributed by atoms with E-state index in [4.69, 9.17) is 4.42 Å². The summed E-state index contributed by atoms with van der Waals surface area (Å²) in [5, 5.41) is 7.63. The highest BCUT2D eigenvalue weighted by Crippen LogP contribution is 2.31. The van der Waals surface area contributed by atoms with Crippen molar-refractivity contribution in [1.82, 2.24) is 24.8 Å². The van der Waals surface area contributed by atoms with Crippen LogP contribution in [0, 0.1) is 5.82 Å². The fourth-order valence-electron chi connectivity index (χ4n) is 3.93. The second-order valence-corrected chi connectivity index (χ2v) is 7.23. The summed E-state index contributed by atoms with van der Waals surface area (Å²) >= 11 is 0. The number of aromatic nitrogens is 4. The van der Waals surface area contributed by atoms with Gasteiger partial charge in [-0.05, 0) is 24.3 Å². The number of fused-ring (bicyclic) bond motifs is 4. The highest BCUT2D eigenvalue weighted by Gasteiger charge is 2.18. The topological polar surface area (TPSA) is 80.8 Å². The molecule has 1 aliphatic rings. The second-order valence-electron chi connectivity index (χ2n) is 7.23. The molecule has 3 aromatic heterocycles. The molecule has 0 aliphatic carbocycles. The van der Waals surface area contributed by atoms with Gasteiger partial charge in [-0.2, -0.15) is 4.98 Å². The maximum absolute atomic E-state index is 14.5. The molecule has 0 atom stereocenters. The number of nitrogens with one attached hydrogen (secondary N) is 2. The molecule has 6 rings (SSSR count). The van der Waals surface area contributed by atoms with E-state index in [9.17, 15) is 4.39 Å². The molecule has 2 N–H and O–H groups in total. The second kappa shape index (κ2) is 6.64. The molecule has 2 aromatic carbocycles. The lowest BCUT2D eigenvalue weighted by molar-refractivity contribution is 0.500. The minimum absolute atomic E-state index is 0.141. The maximum atomic E-state index is 14.5. The molecule has 0 spiro atoms. The molecular formula is C22H17FN6O. The van der Waals surface area contributed by atoms with Crippen LogP contribution in [0.1, 0.15) is 11.3 Å². The number of halogens is 1. The molecule has 0 amide bonds. The van der Waals surface area contributed by atoms with Gasteiger partial charge in [-0.3, -0.25) is 4.57 Å². The number of hydrogen-bond acceptors (Lipinski definition) is 6. The van der Waals surface area contributed by atoms with Crippen LogP contribution in [0.25, 0.3) is 27.8 Å². The monoisotopic (exact) mass is 400 g/mol. The first kappa shape index (κ1) is 17.1. The van der Waals surface area contributed by atoms with Crippen molar-refractivity contribution < 1.29 is 8.81 Å². The first-order chi connectivity index (χ1) is 14.8. The molecule has 4 heterocycles. The minimum Gasteiger partial charge on any atom is -0.461 e. The van der Waals surface area contributed by atoms with E-state index >= 15 is 0 Å². The maximum Gasteiger partial charge on any atom is 0.229 e. The lowest BCUT2D eigenvalue weighted by atomic mass is 10.1. The molecular weight excluding hydrogens is 383 g/mol. The lowest BCUT2D eigenvalue weighted by Crippen LogP contribution is -2.22. The van der Waals surface area contributed by atoms with Crippen molar-refractivity contribution in [2.45, 2.75) is 13.0 Å². The Morgan fingerprint density at radius 2 is 2.07 bits per heavy atom. The van der Waals surface area contributed by atoms with Gasteiger partial charge in [0.15, 0.2) is 11.6 Å². The highest BCUT2D eigenvalue weighted by molar-refractivity contribution is 5.86. The Hall–Kier alpha value is -3.78. The normalized spacial score (nSPS) is 13.6. The Kier molecular flexibility index (Phi) is 3.78. The molecule has 1 aliphatic heterocycles. The van der Waals surface area contributed by atoms with Crippen LogP contribution in [0.4, 0.5) is 16.0 Å². The summed E-state index contributed by atoms with van der Waals surface area (Å²) in [6.07, 6.45) is 3.61. The average molecular weight is 400 g/mol. The third-order valence-electron chi connectivity index (χ3n) is 5.37. The van der Waals surface area contributed by atoms with E-state index in [1.54, 1.807) is 10.9 Å². The largest absolute Gasteiger partial charge is 0.461 e. The fourth-order valence-corrected chi connectivity index (χ4v) is 3.93. The average Bonchev–Trinajstić information content (AvgIpc) is 3.36. The lowest BCUT2D eigenvalue weighted by Gasteiger charge is -2.10. The number of anilines is 2. The van der Waals surface area contributed by atoms with E-state index in [1.165, 1.54) is 5.56 Å². The van der Waals surface area contributed by atoms with E-state index in [1.807, 2.05) is 42.5 Å². The van der Waals surface area contributed by atoms with Gasteiger partial charge in [-0.15, -0.1) is 0 Å². The number of rotatable bonds is 3. The Morgan fingerprint density at radius 1 is 1.13 bits per heavy atom. The number of imidazole rings is 1. The van der Waals surface area contributed by atoms with Gasteiger partial charge in [0.2, 0.25) is 5.95 Å². The Morgan fingerprint density at radius 3 is 3.03 bits per heavy atom. The smallest absolute Gasteiger partial charge is 0.229 e. The summed E-state index contributed by atoms with van der Waals surface area (Å²) in [4.78, 5) is 12.8. The Labute approximate surface area is 170 Å². The molecule has 0 bridgehead atoms. The molecule has 0 saturated heterocycles. The van der Waals surface area contributed by atoms with E-state index in [0.29, 0.717) is 5.95 Å². The van der Waals surface area contributed by atoms with Gasteiger partial charge >= 0.3 is 0 Å². The molecule has 30 heavy (non-hydrogen) atoms. The van der Waals surface area contributed by atoms with Crippen molar-refractivity contribution in [2.75, 3.05) is 11.9 Å². The molecule has 7 nitrogen and oxygen atoms in total. The van der Waals surface area contributed by atoms with Crippen molar-refractivity contribution >= 4 is 33.6 Å². The standard InChI is InChI=1S/C22H17FN6O/c23-16-11-25-22(28-21(16)29-12-26-17-3-1-2-4-18(17)29)27-13-5-6-14-15-10-24-8-7-19(15)30-20(14)9-13/h1-6,9,11-12,24H,7-8,10H2,(H,25,27,28). The highest BCUT2D eigenvalue weighted by atomic mass is 19.1. The number of para-hydroxylation sites is 2. The van der Waals surface area contributed by atoms with Gasteiger partial charge in [0.1, 0.15) is 17.7 Å². The zero-order valence-corrected chi connectivity index (χ0v) is 15.9. The molecule has 8 heteroatoms. The first-order valence-electron chi connectivity index (χ1n) is 9.73. The Balaban J connectivity index is 1.37. The summed E-state index contributed by atoms with van der Waals surface area (Å²) < 4.78 is 22.2. The summed E-state index contributed by atoms with van der Waals surface area (Å²) in [6.45, 7) is 1.74. The SMILES string of the molecule is Fc1cnc(Nc2ccc3c4c(oc3c2)CCNC4)nc1-n1cnc2ccccc21. The summed E-state index contributed by atoms with van der Waals surface area (Å²) in [5.74, 6) is 0.946. The van der Waals surface area contributed by atoms with Crippen LogP contribution in [0.2, 0.25) is 0 Å². The number of furan rings is 1. The zero-order chi connectivity index (χ0) is 20.1. The van der Waals surface area contributed by atoms with Crippen LogP contribution in [-0.2, 0) is 13.0 Å². The minimum atomic E-state index is -0.523. The summed E-state index contributed by atoms with van der Waals surface area (Å²) in [6, 6.07) is 13.4. The van der Waals surface area contributed by atoms with Gasteiger partial charge in [-0.1, -0.05) is 12.1 Å². The molecule has 0 fully saturated rings. The molecule has 0 saturated carbocycles. The molecule has 148 valence electrons. The van der Waals surface area contributed by atoms with Crippen molar-refractivity contribution in [3.63, 3.8) is 0 Å². The quantitative estimate of drug-likeness (QED) is 0.475. The van der Waals surface area contributed by atoms with Crippen molar-refractivity contribution in [3.8, 4) is 5.82 Å². The predicted molar refractivity (Wildman–Crippen MR) is 112 cm³/mol. The third kappa shape index (κ3) is 2.73. The molecule has 5 aromatic rings. The van der Waals surface area contributed by atoms with Crippen LogP contribution < -0.4 is 10.6 Å².